The molecule has 1 nitrogen and oxygen atoms in total. The Kier molecular flexibility index (Phi) is 3.29. The zero-order valence-electron chi connectivity index (χ0n) is 8.26. The standard InChI is InChI=1S/C10H18OSi/c1-4-11-9-12(2,3)10-7-5-6-8-10/h5-7H,4,8-9H2,1-3H3. The van der Waals surface area contributed by atoms with Crippen LogP contribution in [0.15, 0.2) is 23.4 Å². The Morgan fingerprint density at radius 3 is 2.75 bits per heavy atom. The summed E-state index contributed by atoms with van der Waals surface area (Å²) < 4.78 is 5.50. The summed E-state index contributed by atoms with van der Waals surface area (Å²) >= 11 is 0. The van der Waals surface area contributed by atoms with Gasteiger partial charge in [0.15, 0.2) is 0 Å². The van der Waals surface area contributed by atoms with E-state index in [1.807, 2.05) is 0 Å². The van der Waals surface area contributed by atoms with Crippen molar-refractivity contribution in [3.8, 4) is 0 Å². The van der Waals surface area contributed by atoms with Crippen LogP contribution in [-0.4, -0.2) is 20.9 Å². The Bertz CT molecular complexity index is 204. The minimum atomic E-state index is -1.21. The molecule has 0 aromatic carbocycles. The van der Waals surface area contributed by atoms with Crippen LogP contribution in [0.3, 0.4) is 0 Å². The van der Waals surface area contributed by atoms with E-state index in [1.54, 1.807) is 5.20 Å². The van der Waals surface area contributed by atoms with Crippen LogP contribution >= 0.6 is 0 Å². The first kappa shape index (κ1) is 9.74. The van der Waals surface area contributed by atoms with Gasteiger partial charge in [-0.3, -0.25) is 0 Å². The lowest BCUT2D eigenvalue weighted by Crippen LogP contribution is -2.35. The predicted octanol–water partition coefficient (Wildman–Crippen LogP) is 2.70. The Balaban J connectivity index is 2.47. The third kappa shape index (κ3) is 2.32. The molecule has 0 aliphatic heterocycles. The summed E-state index contributed by atoms with van der Waals surface area (Å²) in [5, 5.41) is 1.62. The van der Waals surface area contributed by atoms with Crippen LogP contribution < -0.4 is 0 Å². The molecule has 0 saturated carbocycles. The third-order valence-corrected chi connectivity index (χ3v) is 5.34. The van der Waals surface area contributed by atoms with Crippen LogP contribution in [0.4, 0.5) is 0 Å². The molecule has 0 radical (unpaired) electrons. The molecule has 0 heterocycles. The van der Waals surface area contributed by atoms with Gasteiger partial charge in [0.2, 0.25) is 0 Å². The minimum Gasteiger partial charge on any atom is -0.385 e. The van der Waals surface area contributed by atoms with Crippen LogP contribution in [0.1, 0.15) is 13.3 Å². The van der Waals surface area contributed by atoms with Gasteiger partial charge in [-0.05, 0) is 13.3 Å². The summed E-state index contributed by atoms with van der Waals surface area (Å²) in [4.78, 5) is 0. The first-order valence-corrected chi connectivity index (χ1v) is 7.81. The van der Waals surface area contributed by atoms with Gasteiger partial charge in [0.25, 0.3) is 0 Å². The summed E-state index contributed by atoms with van der Waals surface area (Å²) in [6.07, 6.45) is 8.79. The Hall–Kier alpha value is -0.343. The smallest absolute Gasteiger partial charge is 0.105 e. The molecule has 0 unspecified atom stereocenters. The lowest BCUT2D eigenvalue weighted by molar-refractivity contribution is 0.189. The number of hydrogen-bond donors (Lipinski definition) is 0. The van der Waals surface area contributed by atoms with Crippen molar-refractivity contribution in [1.29, 1.82) is 0 Å². The first-order chi connectivity index (χ1) is 5.67. The molecule has 1 aliphatic carbocycles. The molecule has 0 saturated heterocycles. The summed E-state index contributed by atoms with van der Waals surface area (Å²) in [6, 6.07) is 0. The van der Waals surface area contributed by atoms with Crippen molar-refractivity contribution in [2.24, 2.45) is 0 Å². The van der Waals surface area contributed by atoms with E-state index in [-0.39, 0.29) is 0 Å². The van der Waals surface area contributed by atoms with E-state index in [1.165, 1.54) is 0 Å². The molecule has 0 atom stereocenters. The van der Waals surface area contributed by atoms with Crippen LogP contribution in [-0.2, 0) is 4.74 Å². The van der Waals surface area contributed by atoms with Crippen molar-refractivity contribution in [3.05, 3.63) is 23.4 Å². The van der Waals surface area contributed by atoms with Crippen LogP contribution in [0, 0.1) is 0 Å². The van der Waals surface area contributed by atoms with E-state index >= 15 is 0 Å². The van der Waals surface area contributed by atoms with E-state index in [4.69, 9.17) is 4.74 Å². The average Bonchev–Trinajstić information content (AvgIpc) is 2.53. The van der Waals surface area contributed by atoms with Crippen molar-refractivity contribution >= 4 is 8.07 Å². The van der Waals surface area contributed by atoms with Gasteiger partial charge in [0.1, 0.15) is 8.07 Å². The number of rotatable bonds is 4. The molecular formula is C10H18OSi. The van der Waals surface area contributed by atoms with Crippen molar-refractivity contribution in [3.63, 3.8) is 0 Å². The highest BCUT2D eigenvalue weighted by Gasteiger charge is 2.26. The zero-order chi connectivity index (χ0) is 9.03. The zero-order valence-corrected chi connectivity index (χ0v) is 9.26. The number of hydrogen-bond acceptors (Lipinski definition) is 1. The molecule has 0 fully saturated rings. The van der Waals surface area contributed by atoms with E-state index < -0.39 is 8.07 Å². The van der Waals surface area contributed by atoms with Crippen LogP contribution in [0.2, 0.25) is 13.1 Å². The highest BCUT2D eigenvalue weighted by atomic mass is 28.3. The lowest BCUT2D eigenvalue weighted by atomic mass is 10.5. The molecule has 0 aromatic heterocycles. The molecule has 0 spiro atoms. The third-order valence-electron chi connectivity index (χ3n) is 2.31. The van der Waals surface area contributed by atoms with Gasteiger partial charge in [-0.25, -0.2) is 0 Å². The first-order valence-electron chi connectivity index (χ1n) is 4.61. The maximum absolute atomic E-state index is 5.50. The molecule has 12 heavy (non-hydrogen) atoms. The summed E-state index contributed by atoms with van der Waals surface area (Å²) in [5.41, 5.74) is 0. The van der Waals surface area contributed by atoms with E-state index in [0.29, 0.717) is 0 Å². The molecule has 0 aromatic rings. The maximum Gasteiger partial charge on any atom is 0.105 e. The van der Waals surface area contributed by atoms with Crippen molar-refractivity contribution in [2.45, 2.75) is 26.4 Å². The predicted molar refractivity (Wildman–Crippen MR) is 55.8 cm³/mol. The lowest BCUT2D eigenvalue weighted by Gasteiger charge is -2.23. The Labute approximate surface area is 76.1 Å². The van der Waals surface area contributed by atoms with Gasteiger partial charge in [-0.15, -0.1) is 0 Å². The molecule has 2 heteroatoms. The largest absolute Gasteiger partial charge is 0.385 e. The molecule has 0 N–H and O–H groups in total. The maximum atomic E-state index is 5.50. The van der Waals surface area contributed by atoms with Gasteiger partial charge in [-0.1, -0.05) is 36.5 Å². The molecule has 0 amide bonds. The van der Waals surface area contributed by atoms with Gasteiger partial charge >= 0.3 is 0 Å². The Morgan fingerprint density at radius 1 is 1.50 bits per heavy atom. The number of allylic oxidation sites excluding steroid dienone is 4. The SMILES string of the molecule is CCOC[Si](C)(C)C1=CC=CC1. The topological polar surface area (TPSA) is 9.23 Å². The fourth-order valence-corrected chi connectivity index (χ4v) is 3.52. The van der Waals surface area contributed by atoms with Crippen molar-refractivity contribution in [1.82, 2.24) is 0 Å². The van der Waals surface area contributed by atoms with E-state index in [2.05, 4.69) is 38.2 Å². The second-order valence-electron chi connectivity index (χ2n) is 3.85. The molecule has 1 aliphatic rings. The van der Waals surface area contributed by atoms with Gasteiger partial charge in [0.05, 0.1) is 0 Å². The second kappa shape index (κ2) is 4.05. The van der Waals surface area contributed by atoms with Gasteiger partial charge < -0.3 is 4.74 Å². The summed E-state index contributed by atoms with van der Waals surface area (Å²) in [6.45, 7) is 7.66. The molecular weight excluding hydrogens is 164 g/mol. The van der Waals surface area contributed by atoms with E-state index in [9.17, 15) is 0 Å². The van der Waals surface area contributed by atoms with Gasteiger partial charge in [0, 0.05) is 12.8 Å². The fraction of sp³-hybridized carbons (Fsp3) is 0.600. The highest BCUT2D eigenvalue weighted by Crippen LogP contribution is 2.22. The van der Waals surface area contributed by atoms with Crippen LogP contribution in [0.5, 0.6) is 0 Å². The van der Waals surface area contributed by atoms with Crippen LogP contribution in [0.25, 0.3) is 0 Å². The Morgan fingerprint density at radius 2 is 2.25 bits per heavy atom. The summed E-state index contributed by atoms with van der Waals surface area (Å²) in [5.74, 6) is 0. The van der Waals surface area contributed by atoms with Gasteiger partial charge in [-0.2, -0.15) is 0 Å². The molecule has 1 rings (SSSR count). The van der Waals surface area contributed by atoms with Crippen molar-refractivity contribution in [2.75, 3.05) is 12.8 Å². The normalized spacial score (nSPS) is 16.8. The van der Waals surface area contributed by atoms with Crippen molar-refractivity contribution < 1.29 is 4.74 Å². The minimum absolute atomic E-state index is 0.844. The molecule has 68 valence electrons. The summed E-state index contributed by atoms with van der Waals surface area (Å²) in [7, 11) is -1.21. The monoisotopic (exact) mass is 182 g/mol. The highest BCUT2D eigenvalue weighted by molar-refractivity contribution is 6.84. The van der Waals surface area contributed by atoms with E-state index in [0.717, 1.165) is 19.3 Å². The molecule has 0 bridgehead atoms. The second-order valence-corrected chi connectivity index (χ2v) is 8.54. The average molecular weight is 182 g/mol. The quantitative estimate of drug-likeness (QED) is 0.607. The fourth-order valence-electron chi connectivity index (χ4n) is 1.40. The number of ether oxygens (including phenoxy) is 1.